The molecule has 1 saturated heterocycles. The highest BCUT2D eigenvalue weighted by Gasteiger charge is 2.31. The summed E-state index contributed by atoms with van der Waals surface area (Å²) in [5.41, 5.74) is 1.06. The third-order valence-electron chi connectivity index (χ3n) is 3.88. The lowest BCUT2D eigenvalue weighted by Crippen LogP contribution is -2.43. The van der Waals surface area contributed by atoms with Crippen LogP contribution in [0, 0.1) is 0 Å². The van der Waals surface area contributed by atoms with Crippen LogP contribution in [0.3, 0.4) is 0 Å². The number of likely N-dealkylation sites (N-methyl/N-ethyl adjacent to an activating group) is 1. The summed E-state index contributed by atoms with van der Waals surface area (Å²) >= 11 is 16.8. The standard InChI is InChI=1S/C15H21Cl2NS2/c1-9-10(2)20-15(8-19-9)14(18-3)7-11-12(16)5-4-6-13(11)17/h4-6,9-10,14-15,18H,7-8H2,1-3H3. The first-order valence-corrected chi connectivity index (χ1v) is 9.65. The molecule has 1 aromatic rings. The average molecular weight is 350 g/mol. The zero-order chi connectivity index (χ0) is 14.7. The minimum Gasteiger partial charge on any atom is -0.316 e. The third-order valence-corrected chi connectivity index (χ3v) is 8.14. The van der Waals surface area contributed by atoms with E-state index in [-0.39, 0.29) is 0 Å². The van der Waals surface area contributed by atoms with Crippen molar-refractivity contribution in [3.05, 3.63) is 33.8 Å². The van der Waals surface area contributed by atoms with Gasteiger partial charge in [-0.3, -0.25) is 0 Å². The van der Waals surface area contributed by atoms with Gasteiger partial charge in [-0.2, -0.15) is 23.5 Å². The monoisotopic (exact) mass is 349 g/mol. The Morgan fingerprint density at radius 1 is 1.25 bits per heavy atom. The molecule has 0 spiro atoms. The number of thioether (sulfide) groups is 2. The Morgan fingerprint density at radius 2 is 1.90 bits per heavy atom. The molecule has 1 aromatic carbocycles. The summed E-state index contributed by atoms with van der Waals surface area (Å²) < 4.78 is 0. The number of halogens is 2. The van der Waals surface area contributed by atoms with Crippen molar-refractivity contribution in [2.24, 2.45) is 0 Å². The molecule has 4 atom stereocenters. The van der Waals surface area contributed by atoms with Crippen molar-refractivity contribution in [2.45, 2.75) is 42.1 Å². The smallest absolute Gasteiger partial charge is 0.0453 e. The van der Waals surface area contributed by atoms with Gasteiger partial charge < -0.3 is 5.32 Å². The van der Waals surface area contributed by atoms with Gasteiger partial charge >= 0.3 is 0 Å². The summed E-state index contributed by atoms with van der Waals surface area (Å²) in [5.74, 6) is 1.18. The fourth-order valence-corrected chi connectivity index (χ4v) is 6.11. The molecule has 4 unspecified atom stereocenters. The molecule has 2 rings (SSSR count). The van der Waals surface area contributed by atoms with Crippen LogP contribution in [0.15, 0.2) is 18.2 Å². The quantitative estimate of drug-likeness (QED) is 0.842. The van der Waals surface area contributed by atoms with Crippen LogP contribution in [0.1, 0.15) is 19.4 Å². The molecule has 1 N–H and O–H groups in total. The van der Waals surface area contributed by atoms with Crippen molar-refractivity contribution < 1.29 is 0 Å². The molecule has 1 aliphatic heterocycles. The Bertz CT molecular complexity index is 435. The Balaban J connectivity index is 2.09. The first-order chi connectivity index (χ1) is 9.52. The molecule has 0 aliphatic carbocycles. The number of hydrogen-bond acceptors (Lipinski definition) is 3. The molecular formula is C15H21Cl2NS2. The summed E-state index contributed by atoms with van der Waals surface area (Å²) in [6, 6.07) is 6.14. The van der Waals surface area contributed by atoms with E-state index in [1.807, 2.05) is 25.2 Å². The van der Waals surface area contributed by atoms with Crippen molar-refractivity contribution in [2.75, 3.05) is 12.8 Å². The van der Waals surface area contributed by atoms with E-state index in [4.69, 9.17) is 23.2 Å². The predicted molar refractivity (Wildman–Crippen MR) is 95.8 cm³/mol. The van der Waals surface area contributed by atoms with E-state index in [2.05, 4.69) is 42.7 Å². The SMILES string of the molecule is CNC(Cc1c(Cl)cccc1Cl)C1CSC(C)C(C)S1. The molecule has 1 nitrogen and oxygen atoms in total. The summed E-state index contributed by atoms with van der Waals surface area (Å²) in [4.78, 5) is 0. The average Bonchev–Trinajstić information content (AvgIpc) is 2.42. The van der Waals surface area contributed by atoms with Crippen LogP contribution >= 0.6 is 46.7 Å². The van der Waals surface area contributed by atoms with Gasteiger partial charge in [0.2, 0.25) is 0 Å². The third kappa shape index (κ3) is 4.01. The zero-order valence-electron chi connectivity index (χ0n) is 12.0. The molecular weight excluding hydrogens is 329 g/mol. The van der Waals surface area contributed by atoms with Crippen LogP contribution in [-0.4, -0.2) is 34.6 Å². The zero-order valence-corrected chi connectivity index (χ0v) is 15.2. The lowest BCUT2D eigenvalue weighted by atomic mass is 10.0. The maximum atomic E-state index is 6.30. The lowest BCUT2D eigenvalue weighted by Gasteiger charge is -2.36. The first-order valence-electron chi connectivity index (χ1n) is 6.90. The van der Waals surface area contributed by atoms with Gasteiger partial charge in [0.25, 0.3) is 0 Å². The second kappa shape index (κ2) is 7.64. The molecule has 0 saturated carbocycles. The van der Waals surface area contributed by atoms with Crippen LogP contribution in [0.2, 0.25) is 10.0 Å². The number of benzene rings is 1. The van der Waals surface area contributed by atoms with Crippen LogP contribution in [0.4, 0.5) is 0 Å². The number of nitrogens with one attached hydrogen (secondary N) is 1. The summed E-state index contributed by atoms with van der Waals surface area (Å²) in [6.07, 6.45) is 0.883. The molecule has 1 fully saturated rings. The number of rotatable bonds is 4. The predicted octanol–water partition coefficient (Wildman–Crippen LogP) is 4.75. The molecule has 5 heteroatoms. The topological polar surface area (TPSA) is 12.0 Å². The maximum absolute atomic E-state index is 6.30. The Kier molecular flexibility index (Phi) is 6.43. The Hall–Kier alpha value is 0.460. The maximum Gasteiger partial charge on any atom is 0.0453 e. The fourth-order valence-electron chi connectivity index (χ4n) is 2.39. The highest BCUT2D eigenvalue weighted by molar-refractivity contribution is 8.07. The molecule has 0 bridgehead atoms. The Labute approximate surface area is 140 Å². The van der Waals surface area contributed by atoms with Crippen LogP contribution in [0.25, 0.3) is 0 Å². The van der Waals surface area contributed by atoms with Gasteiger partial charge in [0, 0.05) is 37.6 Å². The van der Waals surface area contributed by atoms with E-state index in [1.165, 1.54) is 5.75 Å². The second-order valence-corrected chi connectivity index (χ2v) is 9.06. The van der Waals surface area contributed by atoms with E-state index in [0.29, 0.717) is 16.5 Å². The minimum absolute atomic E-state index is 0.403. The van der Waals surface area contributed by atoms with Gasteiger partial charge in [-0.15, -0.1) is 0 Å². The van der Waals surface area contributed by atoms with Crippen molar-refractivity contribution in [1.29, 1.82) is 0 Å². The van der Waals surface area contributed by atoms with Crippen LogP contribution < -0.4 is 5.32 Å². The van der Waals surface area contributed by atoms with Gasteiger partial charge in [0.05, 0.1) is 0 Å². The van der Waals surface area contributed by atoms with E-state index >= 15 is 0 Å². The highest BCUT2D eigenvalue weighted by Crippen LogP contribution is 2.38. The molecule has 112 valence electrons. The van der Waals surface area contributed by atoms with E-state index in [9.17, 15) is 0 Å². The lowest BCUT2D eigenvalue weighted by molar-refractivity contribution is 0.554. The molecule has 0 radical (unpaired) electrons. The highest BCUT2D eigenvalue weighted by atomic mass is 35.5. The van der Waals surface area contributed by atoms with Gasteiger partial charge in [-0.05, 0) is 31.2 Å². The normalized spacial score (nSPS) is 28.4. The van der Waals surface area contributed by atoms with Crippen LogP contribution in [0.5, 0.6) is 0 Å². The minimum atomic E-state index is 0.403. The molecule has 0 aromatic heterocycles. The fraction of sp³-hybridized carbons (Fsp3) is 0.600. The van der Waals surface area contributed by atoms with Gasteiger partial charge in [0.1, 0.15) is 0 Å². The van der Waals surface area contributed by atoms with E-state index in [0.717, 1.165) is 27.3 Å². The molecule has 1 heterocycles. The Morgan fingerprint density at radius 3 is 2.45 bits per heavy atom. The first kappa shape index (κ1) is 16.8. The molecule has 0 amide bonds. The van der Waals surface area contributed by atoms with Crippen molar-refractivity contribution in [3.63, 3.8) is 0 Å². The largest absolute Gasteiger partial charge is 0.316 e. The number of hydrogen-bond donors (Lipinski definition) is 1. The van der Waals surface area contributed by atoms with Crippen molar-refractivity contribution >= 4 is 46.7 Å². The van der Waals surface area contributed by atoms with Crippen LogP contribution in [-0.2, 0) is 6.42 Å². The van der Waals surface area contributed by atoms with Gasteiger partial charge in [-0.25, -0.2) is 0 Å². The molecule has 20 heavy (non-hydrogen) atoms. The van der Waals surface area contributed by atoms with E-state index < -0.39 is 0 Å². The van der Waals surface area contributed by atoms with Crippen molar-refractivity contribution in [3.8, 4) is 0 Å². The summed E-state index contributed by atoms with van der Waals surface area (Å²) in [6.45, 7) is 4.64. The second-order valence-electron chi connectivity index (χ2n) is 5.22. The van der Waals surface area contributed by atoms with Gasteiger partial charge in [-0.1, -0.05) is 43.1 Å². The summed E-state index contributed by atoms with van der Waals surface area (Å²) in [5, 5.41) is 7.03. The van der Waals surface area contributed by atoms with E-state index in [1.54, 1.807) is 0 Å². The van der Waals surface area contributed by atoms with Crippen molar-refractivity contribution in [1.82, 2.24) is 5.32 Å². The molecule has 1 aliphatic rings. The summed E-state index contributed by atoms with van der Waals surface area (Å²) in [7, 11) is 2.03. The van der Waals surface area contributed by atoms with Gasteiger partial charge in [0.15, 0.2) is 0 Å².